The van der Waals surface area contributed by atoms with E-state index in [9.17, 15) is 0 Å². The van der Waals surface area contributed by atoms with Crippen molar-refractivity contribution in [2.45, 2.75) is 27.7 Å². The van der Waals surface area contributed by atoms with Gasteiger partial charge in [0.15, 0.2) is 5.65 Å². The van der Waals surface area contributed by atoms with Crippen molar-refractivity contribution in [1.29, 1.82) is 0 Å². The second-order valence-electron chi connectivity index (χ2n) is 4.65. The Balaban J connectivity index is 2.30. The number of aryl methyl sites for hydroxylation is 4. The van der Waals surface area contributed by atoms with Crippen LogP contribution >= 0.6 is 0 Å². The first kappa shape index (κ1) is 11.0. The Morgan fingerprint density at radius 1 is 1.17 bits per heavy atom. The monoisotopic (exact) mass is 241 g/mol. The summed E-state index contributed by atoms with van der Waals surface area (Å²) in [5.74, 6) is 0.788. The minimum absolute atomic E-state index is 0.788. The minimum Gasteiger partial charge on any atom is -0.282 e. The maximum atomic E-state index is 4.41. The molecule has 0 aromatic carbocycles. The van der Waals surface area contributed by atoms with Crippen LogP contribution in [0.2, 0.25) is 0 Å². The molecule has 3 heterocycles. The summed E-state index contributed by atoms with van der Waals surface area (Å²) in [4.78, 5) is 4.41. The highest BCUT2D eigenvalue weighted by atomic mass is 15.3. The summed E-state index contributed by atoms with van der Waals surface area (Å²) in [6.07, 6.45) is 2.01. The number of fused-ring (bicyclic) bond motifs is 1. The van der Waals surface area contributed by atoms with E-state index in [0.717, 1.165) is 39.5 Å². The van der Waals surface area contributed by atoms with Crippen LogP contribution in [0.5, 0.6) is 0 Å². The van der Waals surface area contributed by atoms with Crippen LogP contribution in [0.15, 0.2) is 12.3 Å². The van der Waals surface area contributed by atoms with Crippen molar-refractivity contribution in [2.75, 3.05) is 0 Å². The van der Waals surface area contributed by atoms with Gasteiger partial charge in [-0.05, 0) is 39.3 Å². The number of H-pyrrole nitrogens is 1. The molecule has 0 atom stereocenters. The maximum absolute atomic E-state index is 4.41. The number of nitrogens with zero attached hydrogens (tertiary/aromatic N) is 4. The highest BCUT2D eigenvalue weighted by Gasteiger charge is 2.12. The van der Waals surface area contributed by atoms with Gasteiger partial charge in [-0.1, -0.05) is 0 Å². The Hall–Kier alpha value is -2.17. The van der Waals surface area contributed by atoms with Crippen LogP contribution in [0.4, 0.5) is 0 Å². The van der Waals surface area contributed by atoms with Gasteiger partial charge < -0.3 is 0 Å². The van der Waals surface area contributed by atoms with Crippen LogP contribution < -0.4 is 0 Å². The fourth-order valence-corrected chi connectivity index (χ4v) is 2.37. The molecule has 0 fully saturated rings. The molecule has 0 saturated carbocycles. The van der Waals surface area contributed by atoms with Crippen LogP contribution in [0.1, 0.15) is 22.8 Å². The molecule has 0 spiro atoms. The zero-order valence-corrected chi connectivity index (χ0v) is 10.9. The van der Waals surface area contributed by atoms with Gasteiger partial charge in [0.2, 0.25) is 0 Å². The topological polar surface area (TPSA) is 58.9 Å². The lowest BCUT2D eigenvalue weighted by Crippen LogP contribution is -1.93. The van der Waals surface area contributed by atoms with Crippen LogP contribution in [0.25, 0.3) is 16.8 Å². The summed E-state index contributed by atoms with van der Waals surface area (Å²) in [6.45, 7) is 7.99. The van der Waals surface area contributed by atoms with Crippen molar-refractivity contribution in [3.63, 3.8) is 0 Å². The first-order valence-corrected chi connectivity index (χ1v) is 5.92. The molecule has 0 aliphatic heterocycles. The number of pyridine rings is 1. The molecule has 0 aliphatic rings. The van der Waals surface area contributed by atoms with E-state index in [1.807, 2.05) is 31.5 Å². The minimum atomic E-state index is 0.788. The molecule has 1 N–H and O–H groups in total. The van der Waals surface area contributed by atoms with Crippen molar-refractivity contribution in [3.05, 3.63) is 35.0 Å². The van der Waals surface area contributed by atoms with Gasteiger partial charge in [-0.15, -0.1) is 0 Å². The average molecular weight is 241 g/mol. The average Bonchev–Trinajstić information content (AvgIpc) is 2.82. The van der Waals surface area contributed by atoms with Crippen LogP contribution in [-0.4, -0.2) is 24.8 Å². The Morgan fingerprint density at radius 3 is 2.61 bits per heavy atom. The van der Waals surface area contributed by atoms with Crippen molar-refractivity contribution >= 4 is 5.65 Å². The number of aromatic amines is 1. The van der Waals surface area contributed by atoms with Crippen molar-refractivity contribution in [3.8, 4) is 11.1 Å². The van der Waals surface area contributed by atoms with Gasteiger partial charge in [0.1, 0.15) is 5.82 Å². The van der Waals surface area contributed by atoms with E-state index in [1.54, 1.807) is 0 Å². The molecule has 18 heavy (non-hydrogen) atoms. The lowest BCUT2D eigenvalue weighted by atomic mass is 10.0. The van der Waals surface area contributed by atoms with E-state index >= 15 is 0 Å². The van der Waals surface area contributed by atoms with Crippen LogP contribution in [0.3, 0.4) is 0 Å². The van der Waals surface area contributed by atoms with Crippen LogP contribution in [0, 0.1) is 27.7 Å². The van der Waals surface area contributed by atoms with E-state index in [2.05, 4.69) is 33.3 Å². The van der Waals surface area contributed by atoms with Gasteiger partial charge in [0.05, 0.1) is 5.69 Å². The molecule has 5 nitrogen and oxygen atoms in total. The molecule has 3 rings (SSSR count). The van der Waals surface area contributed by atoms with Crippen LogP contribution in [-0.2, 0) is 0 Å². The largest absolute Gasteiger partial charge is 0.282 e. The van der Waals surface area contributed by atoms with Gasteiger partial charge in [-0.2, -0.15) is 10.2 Å². The predicted octanol–water partition coefficient (Wildman–Crippen LogP) is 2.35. The lowest BCUT2D eigenvalue weighted by molar-refractivity contribution is 0.928. The number of hydrogen-bond acceptors (Lipinski definition) is 3. The fourth-order valence-electron chi connectivity index (χ4n) is 2.37. The highest BCUT2D eigenvalue weighted by molar-refractivity contribution is 5.70. The fraction of sp³-hybridized carbons (Fsp3) is 0.308. The van der Waals surface area contributed by atoms with E-state index in [4.69, 9.17) is 0 Å². The Morgan fingerprint density at radius 2 is 1.94 bits per heavy atom. The summed E-state index contributed by atoms with van der Waals surface area (Å²) >= 11 is 0. The third-order valence-corrected chi connectivity index (χ3v) is 3.14. The second-order valence-corrected chi connectivity index (χ2v) is 4.65. The molecular formula is C13H15N5. The quantitative estimate of drug-likeness (QED) is 0.711. The summed E-state index contributed by atoms with van der Waals surface area (Å²) in [5.41, 5.74) is 6.37. The molecule has 92 valence electrons. The number of aromatic nitrogens is 5. The molecule has 0 saturated heterocycles. The standard InChI is InChI=1S/C13H15N5/c1-7-5-11(12-8(2)15-16-9(12)3)6-18-13(7)14-10(4)17-18/h5-6H,1-4H3,(H,15,16). The molecule has 0 bridgehead atoms. The van der Waals surface area contributed by atoms with Gasteiger partial charge in [0, 0.05) is 23.0 Å². The molecular weight excluding hydrogens is 226 g/mol. The van der Waals surface area contributed by atoms with E-state index in [0.29, 0.717) is 0 Å². The van der Waals surface area contributed by atoms with Crippen molar-refractivity contribution in [1.82, 2.24) is 24.8 Å². The molecule has 0 radical (unpaired) electrons. The molecule has 5 heteroatoms. The zero-order chi connectivity index (χ0) is 12.9. The summed E-state index contributed by atoms with van der Waals surface area (Å²) in [6, 6.07) is 2.13. The summed E-state index contributed by atoms with van der Waals surface area (Å²) in [7, 11) is 0. The molecule has 3 aromatic rings. The van der Waals surface area contributed by atoms with E-state index in [1.165, 1.54) is 0 Å². The van der Waals surface area contributed by atoms with Crippen molar-refractivity contribution < 1.29 is 0 Å². The zero-order valence-electron chi connectivity index (χ0n) is 10.9. The smallest absolute Gasteiger partial charge is 0.158 e. The van der Waals surface area contributed by atoms with Gasteiger partial charge in [0.25, 0.3) is 0 Å². The SMILES string of the molecule is Cc1nc2c(C)cc(-c3c(C)n[nH]c3C)cn2n1. The van der Waals surface area contributed by atoms with Gasteiger partial charge in [-0.3, -0.25) is 5.10 Å². The summed E-state index contributed by atoms with van der Waals surface area (Å²) in [5, 5.41) is 11.6. The van der Waals surface area contributed by atoms with E-state index in [-0.39, 0.29) is 0 Å². The lowest BCUT2D eigenvalue weighted by Gasteiger charge is -2.04. The molecule has 3 aromatic heterocycles. The predicted molar refractivity (Wildman–Crippen MR) is 69.5 cm³/mol. The van der Waals surface area contributed by atoms with Gasteiger partial charge >= 0.3 is 0 Å². The third kappa shape index (κ3) is 1.51. The summed E-state index contributed by atoms with van der Waals surface area (Å²) < 4.78 is 1.84. The second kappa shape index (κ2) is 3.66. The molecule has 0 amide bonds. The number of hydrogen-bond donors (Lipinski definition) is 1. The maximum Gasteiger partial charge on any atom is 0.158 e. The first-order chi connectivity index (χ1) is 8.56. The third-order valence-electron chi connectivity index (χ3n) is 3.14. The Bertz CT molecular complexity index is 716. The molecule has 0 aliphatic carbocycles. The van der Waals surface area contributed by atoms with E-state index < -0.39 is 0 Å². The van der Waals surface area contributed by atoms with Gasteiger partial charge in [-0.25, -0.2) is 9.50 Å². The first-order valence-electron chi connectivity index (χ1n) is 5.92. The van der Waals surface area contributed by atoms with Crippen molar-refractivity contribution in [2.24, 2.45) is 0 Å². The normalized spacial score (nSPS) is 11.3. The number of rotatable bonds is 1. The Labute approximate surface area is 105 Å². The Kier molecular flexibility index (Phi) is 2.23. The highest BCUT2D eigenvalue weighted by Crippen LogP contribution is 2.26. The number of nitrogens with one attached hydrogen (secondary N) is 1. The molecule has 0 unspecified atom stereocenters.